The Balaban J connectivity index is 1.94. The van der Waals surface area contributed by atoms with Crippen molar-refractivity contribution >= 4 is 5.91 Å². The summed E-state index contributed by atoms with van der Waals surface area (Å²) in [4.78, 5) is 13.9. The van der Waals surface area contributed by atoms with E-state index in [0.717, 1.165) is 0 Å². The van der Waals surface area contributed by atoms with Crippen molar-refractivity contribution < 1.29 is 9.90 Å². The van der Waals surface area contributed by atoms with Gasteiger partial charge in [0.15, 0.2) is 0 Å². The van der Waals surface area contributed by atoms with Crippen molar-refractivity contribution in [2.75, 3.05) is 13.1 Å². The number of nitrogens with zero attached hydrogens (tertiary/aromatic N) is 1. The third kappa shape index (κ3) is 1.97. The normalized spacial score (nSPS) is 33.9. The van der Waals surface area contributed by atoms with Gasteiger partial charge in [-0.15, -0.1) is 0 Å². The molecule has 2 aliphatic rings. The first kappa shape index (κ1) is 11.9. The fraction of sp³-hybridized carbons (Fsp3) is 0.923. The molecule has 1 aliphatic carbocycles. The van der Waals surface area contributed by atoms with Crippen molar-refractivity contribution in [2.24, 2.45) is 11.3 Å². The summed E-state index contributed by atoms with van der Waals surface area (Å²) in [5.74, 6) is 0.844. The van der Waals surface area contributed by atoms with Gasteiger partial charge in [0, 0.05) is 24.9 Å². The number of likely N-dealkylation sites (tertiary alicyclic amines) is 1. The molecule has 1 saturated carbocycles. The first-order valence-corrected chi connectivity index (χ1v) is 6.32. The van der Waals surface area contributed by atoms with Gasteiger partial charge in [0.25, 0.3) is 0 Å². The first-order valence-electron chi connectivity index (χ1n) is 6.32. The summed E-state index contributed by atoms with van der Waals surface area (Å²) in [6, 6.07) is 0. The van der Waals surface area contributed by atoms with Crippen LogP contribution < -0.4 is 0 Å². The predicted octanol–water partition coefficient (Wildman–Crippen LogP) is 1.80. The zero-order valence-corrected chi connectivity index (χ0v) is 10.6. The molecule has 0 aromatic heterocycles. The van der Waals surface area contributed by atoms with Gasteiger partial charge >= 0.3 is 0 Å². The smallest absolute Gasteiger partial charge is 0.222 e. The molecule has 3 nitrogen and oxygen atoms in total. The van der Waals surface area contributed by atoms with Crippen molar-refractivity contribution in [3.05, 3.63) is 0 Å². The van der Waals surface area contributed by atoms with Crippen molar-refractivity contribution in [3.63, 3.8) is 0 Å². The van der Waals surface area contributed by atoms with Crippen molar-refractivity contribution in [1.29, 1.82) is 0 Å². The van der Waals surface area contributed by atoms with Crippen LogP contribution in [0, 0.1) is 11.3 Å². The Morgan fingerprint density at radius 1 is 1.31 bits per heavy atom. The molecule has 1 amide bonds. The molecule has 92 valence electrons. The summed E-state index contributed by atoms with van der Waals surface area (Å²) in [6.07, 6.45) is 4.38. The van der Waals surface area contributed by atoms with Gasteiger partial charge in [-0.2, -0.15) is 0 Å². The fourth-order valence-corrected chi connectivity index (χ4v) is 2.54. The van der Waals surface area contributed by atoms with Crippen LogP contribution in [-0.2, 0) is 4.79 Å². The highest BCUT2D eigenvalue weighted by atomic mass is 16.3. The van der Waals surface area contributed by atoms with E-state index in [1.807, 2.05) is 25.7 Å². The van der Waals surface area contributed by atoms with Crippen LogP contribution in [0.25, 0.3) is 0 Å². The summed E-state index contributed by atoms with van der Waals surface area (Å²) in [5.41, 5.74) is -0.940. The number of hydrogen-bond acceptors (Lipinski definition) is 2. The standard InChI is InChI=1S/C13H23NO2/c1-12(2)8-14(9-13(12,3)16)11(15)7-10-5-4-6-10/h10,16H,4-9H2,1-3H3. The van der Waals surface area contributed by atoms with Gasteiger partial charge in [-0.1, -0.05) is 20.3 Å². The molecule has 3 heteroatoms. The maximum atomic E-state index is 12.0. The lowest BCUT2D eigenvalue weighted by Crippen LogP contribution is -2.40. The summed E-state index contributed by atoms with van der Waals surface area (Å²) in [6.45, 7) is 7.08. The summed E-state index contributed by atoms with van der Waals surface area (Å²) >= 11 is 0. The molecule has 1 unspecified atom stereocenters. The van der Waals surface area contributed by atoms with E-state index in [1.54, 1.807) is 0 Å². The average molecular weight is 225 g/mol. The van der Waals surface area contributed by atoms with Gasteiger partial charge in [-0.05, 0) is 25.7 Å². The number of carbonyl (C=O) groups excluding carboxylic acids is 1. The molecule has 2 rings (SSSR count). The van der Waals surface area contributed by atoms with E-state index in [0.29, 0.717) is 25.4 Å². The maximum Gasteiger partial charge on any atom is 0.222 e. The van der Waals surface area contributed by atoms with E-state index in [2.05, 4.69) is 0 Å². The number of rotatable bonds is 2. The van der Waals surface area contributed by atoms with E-state index in [4.69, 9.17) is 0 Å². The summed E-state index contributed by atoms with van der Waals surface area (Å²) in [5, 5.41) is 10.3. The van der Waals surface area contributed by atoms with Crippen LogP contribution in [0.1, 0.15) is 46.5 Å². The molecule has 1 saturated heterocycles. The van der Waals surface area contributed by atoms with Crippen molar-refractivity contribution in [3.8, 4) is 0 Å². The number of aliphatic hydroxyl groups is 1. The molecule has 1 atom stereocenters. The van der Waals surface area contributed by atoms with Gasteiger partial charge in [-0.25, -0.2) is 0 Å². The summed E-state index contributed by atoms with van der Waals surface area (Å²) in [7, 11) is 0. The van der Waals surface area contributed by atoms with Gasteiger partial charge in [0.05, 0.1) is 5.60 Å². The topological polar surface area (TPSA) is 40.5 Å². The monoisotopic (exact) mass is 225 g/mol. The van der Waals surface area contributed by atoms with Crippen LogP contribution in [-0.4, -0.2) is 34.6 Å². The lowest BCUT2D eigenvalue weighted by atomic mass is 9.79. The summed E-state index contributed by atoms with van der Waals surface area (Å²) < 4.78 is 0. The predicted molar refractivity (Wildman–Crippen MR) is 62.9 cm³/mol. The second kappa shape index (κ2) is 3.73. The molecule has 0 radical (unpaired) electrons. The van der Waals surface area contributed by atoms with Crippen LogP contribution in [0.5, 0.6) is 0 Å². The molecular formula is C13H23NO2. The molecule has 0 aromatic rings. The first-order chi connectivity index (χ1) is 7.32. The lowest BCUT2D eigenvalue weighted by molar-refractivity contribution is -0.132. The van der Waals surface area contributed by atoms with Crippen LogP contribution in [0.4, 0.5) is 0 Å². The largest absolute Gasteiger partial charge is 0.388 e. The molecule has 0 bridgehead atoms. The number of carbonyl (C=O) groups is 1. The Kier molecular flexibility index (Phi) is 2.77. The highest BCUT2D eigenvalue weighted by molar-refractivity contribution is 5.77. The van der Waals surface area contributed by atoms with Gasteiger partial charge in [0.1, 0.15) is 0 Å². The van der Waals surface area contributed by atoms with E-state index < -0.39 is 5.60 Å². The Bertz CT molecular complexity index is 276. The van der Waals surface area contributed by atoms with E-state index >= 15 is 0 Å². The quantitative estimate of drug-likeness (QED) is 0.778. The second-order valence-electron chi connectivity index (χ2n) is 6.41. The van der Waals surface area contributed by atoms with Crippen molar-refractivity contribution in [1.82, 2.24) is 4.90 Å². The number of hydrogen-bond donors (Lipinski definition) is 1. The van der Waals surface area contributed by atoms with Gasteiger partial charge in [-0.3, -0.25) is 4.79 Å². The Morgan fingerprint density at radius 2 is 1.94 bits per heavy atom. The zero-order chi connectivity index (χ0) is 12.0. The second-order valence-corrected chi connectivity index (χ2v) is 6.41. The molecule has 2 fully saturated rings. The third-order valence-electron chi connectivity index (χ3n) is 4.58. The molecule has 1 N–H and O–H groups in total. The Labute approximate surface area is 97.8 Å². The molecule has 1 heterocycles. The number of β-amino-alcohol motifs (C(OH)–C–C–N with tert-alkyl or cyclic N) is 1. The fourth-order valence-electron chi connectivity index (χ4n) is 2.54. The van der Waals surface area contributed by atoms with E-state index in [-0.39, 0.29) is 11.3 Å². The van der Waals surface area contributed by atoms with Crippen LogP contribution >= 0.6 is 0 Å². The highest BCUT2D eigenvalue weighted by Crippen LogP contribution is 2.39. The molecule has 16 heavy (non-hydrogen) atoms. The molecule has 0 aromatic carbocycles. The minimum atomic E-state index is -0.748. The minimum Gasteiger partial charge on any atom is -0.388 e. The average Bonchev–Trinajstić information content (AvgIpc) is 2.29. The third-order valence-corrected chi connectivity index (χ3v) is 4.58. The molecular weight excluding hydrogens is 202 g/mol. The van der Waals surface area contributed by atoms with Crippen LogP contribution in [0.2, 0.25) is 0 Å². The van der Waals surface area contributed by atoms with Gasteiger partial charge < -0.3 is 10.0 Å². The van der Waals surface area contributed by atoms with E-state index in [1.165, 1.54) is 19.3 Å². The maximum absolute atomic E-state index is 12.0. The molecule has 0 spiro atoms. The van der Waals surface area contributed by atoms with Crippen molar-refractivity contribution in [2.45, 2.75) is 52.1 Å². The minimum absolute atomic E-state index is 0.192. The number of amides is 1. The zero-order valence-electron chi connectivity index (χ0n) is 10.6. The van der Waals surface area contributed by atoms with Crippen LogP contribution in [0.3, 0.4) is 0 Å². The SMILES string of the molecule is CC1(C)CN(C(=O)CC2CCC2)CC1(C)O. The highest BCUT2D eigenvalue weighted by Gasteiger charge is 2.49. The lowest BCUT2D eigenvalue weighted by Gasteiger charge is -2.30. The Hall–Kier alpha value is -0.570. The van der Waals surface area contributed by atoms with Crippen LogP contribution in [0.15, 0.2) is 0 Å². The molecule has 1 aliphatic heterocycles. The van der Waals surface area contributed by atoms with Gasteiger partial charge in [0.2, 0.25) is 5.91 Å². The van der Waals surface area contributed by atoms with E-state index in [9.17, 15) is 9.90 Å². The Morgan fingerprint density at radius 3 is 2.31 bits per heavy atom.